The van der Waals surface area contributed by atoms with Crippen LogP contribution in [0.15, 0.2) is 0 Å². The van der Waals surface area contributed by atoms with Crippen LogP contribution in [-0.2, 0) is 0 Å². The molecule has 2 aliphatic rings. The molecule has 1 N–H and O–H groups in total. The summed E-state index contributed by atoms with van der Waals surface area (Å²) in [6.45, 7) is 2.29. The third-order valence-electron chi connectivity index (χ3n) is 4.18. The molecular formula is C13H24FN. The van der Waals surface area contributed by atoms with E-state index in [0.29, 0.717) is 12.6 Å². The van der Waals surface area contributed by atoms with Crippen molar-refractivity contribution in [2.45, 2.75) is 70.0 Å². The number of hydrogen-bond acceptors (Lipinski definition) is 1. The average molecular weight is 213 g/mol. The summed E-state index contributed by atoms with van der Waals surface area (Å²) in [5.74, 6) is 0.823. The predicted octanol–water partition coefficient (Wildman–Crippen LogP) is 3.44. The van der Waals surface area contributed by atoms with E-state index in [1.54, 1.807) is 6.92 Å². The molecule has 0 amide bonds. The van der Waals surface area contributed by atoms with Crippen molar-refractivity contribution in [3.63, 3.8) is 0 Å². The molecule has 15 heavy (non-hydrogen) atoms. The SMILES string of the molecule is CC1(F)CCC(C2CCCCCC2)NC1. The summed E-state index contributed by atoms with van der Waals surface area (Å²) in [5.41, 5.74) is -0.957. The normalized spacial score (nSPS) is 40.0. The molecule has 2 heteroatoms. The summed E-state index contributed by atoms with van der Waals surface area (Å²) >= 11 is 0. The molecule has 1 saturated carbocycles. The second-order valence-electron chi connectivity index (χ2n) is 5.69. The summed E-state index contributed by atoms with van der Waals surface area (Å²) in [6.07, 6.45) is 10.1. The highest BCUT2D eigenvalue weighted by Gasteiger charge is 2.33. The van der Waals surface area contributed by atoms with Crippen molar-refractivity contribution >= 4 is 0 Å². The highest BCUT2D eigenvalue weighted by atomic mass is 19.1. The van der Waals surface area contributed by atoms with E-state index in [0.717, 1.165) is 18.8 Å². The maximum atomic E-state index is 13.6. The fourth-order valence-electron chi connectivity index (χ4n) is 3.11. The number of hydrogen-bond donors (Lipinski definition) is 1. The van der Waals surface area contributed by atoms with Crippen LogP contribution in [0.3, 0.4) is 0 Å². The zero-order valence-electron chi connectivity index (χ0n) is 9.90. The van der Waals surface area contributed by atoms with Gasteiger partial charge in [-0.3, -0.25) is 0 Å². The summed E-state index contributed by atoms with van der Waals surface area (Å²) in [5, 5.41) is 3.43. The van der Waals surface area contributed by atoms with Crippen molar-refractivity contribution < 1.29 is 4.39 Å². The lowest BCUT2D eigenvalue weighted by Crippen LogP contribution is -2.49. The first kappa shape index (κ1) is 11.4. The first-order valence-electron chi connectivity index (χ1n) is 6.60. The Kier molecular flexibility index (Phi) is 3.65. The molecule has 0 aromatic carbocycles. The van der Waals surface area contributed by atoms with E-state index in [1.165, 1.54) is 38.5 Å². The van der Waals surface area contributed by atoms with Crippen molar-refractivity contribution in [2.75, 3.05) is 6.54 Å². The molecule has 1 aliphatic heterocycles. The Morgan fingerprint density at radius 1 is 1.07 bits per heavy atom. The molecule has 1 aliphatic carbocycles. The third-order valence-corrected chi connectivity index (χ3v) is 4.18. The maximum absolute atomic E-state index is 13.6. The third kappa shape index (κ3) is 3.17. The van der Waals surface area contributed by atoms with E-state index in [-0.39, 0.29) is 0 Å². The molecule has 0 bridgehead atoms. The average Bonchev–Trinajstić information content (AvgIpc) is 2.46. The minimum atomic E-state index is -0.957. The van der Waals surface area contributed by atoms with E-state index in [2.05, 4.69) is 5.32 Å². The molecule has 0 spiro atoms. The van der Waals surface area contributed by atoms with Crippen LogP contribution in [-0.4, -0.2) is 18.3 Å². The van der Waals surface area contributed by atoms with Gasteiger partial charge in [0.15, 0.2) is 0 Å². The molecule has 0 aromatic rings. The minimum absolute atomic E-state index is 0.564. The van der Waals surface area contributed by atoms with Crippen molar-refractivity contribution in [2.24, 2.45) is 5.92 Å². The Bertz CT molecular complexity index is 185. The lowest BCUT2D eigenvalue weighted by atomic mass is 9.83. The minimum Gasteiger partial charge on any atom is -0.311 e. The molecule has 2 atom stereocenters. The quantitative estimate of drug-likeness (QED) is 0.658. The second kappa shape index (κ2) is 4.82. The van der Waals surface area contributed by atoms with Crippen LogP contribution in [0.4, 0.5) is 4.39 Å². The van der Waals surface area contributed by atoms with Gasteiger partial charge in [-0.15, -0.1) is 0 Å². The Hall–Kier alpha value is -0.110. The molecule has 1 saturated heterocycles. The van der Waals surface area contributed by atoms with E-state index in [1.807, 2.05) is 0 Å². The monoisotopic (exact) mass is 213 g/mol. The highest BCUT2D eigenvalue weighted by molar-refractivity contribution is 4.90. The lowest BCUT2D eigenvalue weighted by molar-refractivity contribution is 0.105. The molecule has 0 aromatic heterocycles. The topological polar surface area (TPSA) is 12.0 Å². The van der Waals surface area contributed by atoms with Gasteiger partial charge in [0.25, 0.3) is 0 Å². The standard InChI is InChI=1S/C13H24FN/c1-13(14)9-8-12(15-10-13)11-6-4-2-3-5-7-11/h11-12,15H,2-10H2,1H3. The summed E-state index contributed by atoms with van der Waals surface area (Å²) in [4.78, 5) is 0. The van der Waals surface area contributed by atoms with Crippen LogP contribution < -0.4 is 5.32 Å². The van der Waals surface area contributed by atoms with Crippen LogP contribution in [0, 0.1) is 5.92 Å². The first-order valence-corrected chi connectivity index (χ1v) is 6.60. The predicted molar refractivity (Wildman–Crippen MR) is 61.7 cm³/mol. The lowest BCUT2D eigenvalue weighted by Gasteiger charge is -2.36. The van der Waals surface area contributed by atoms with Crippen molar-refractivity contribution in [1.29, 1.82) is 0 Å². The molecule has 2 fully saturated rings. The van der Waals surface area contributed by atoms with Crippen LogP contribution in [0.5, 0.6) is 0 Å². The molecule has 2 unspecified atom stereocenters. The van der Waals surface area contributed by atoms with Gasteiger partial charge in [-0.25, -0.2) is 4.39 Å². The van der Waals surface area contributed by atoms with Crippen LogP contribution in [0.2, 0.25) is 0 Å². The number of rotatable bonds is 1. The number of piperidine rings is 1. The smallest absolute Gasteiger partial charge is 0.120 e. The maximum Gasteiger partial charge on any atom is 0.120 e. The Morgan fingerprint density at radius 2 is 1.73 bits per heavy atom. The molecular weight excluding hydrogens is 189 g/mol. The van der Waals surface area contributed by atoms with E-state index in [4.69, 9.17) is 0 Å². The number of halogens is 1. The highest BCUT2D eigenvalue weighted by Crippen LogP contribution is 2.32. The zero-order chi connectivity index (χ0) is 10.7. The van der Waals surface area contributed by atoms with Crippen LogP contribution in [0.1, 0.15) is 58.3 Å². The Morgan fingerprint density at radius 3 is 2.27 bits per heavy atom. The van der Waals surface area contributed by atoms with Crippen molar-refractivity contribution in [3.8, 4) is 0 Å². The largest absolute Gasteiger partial charge is 0.311 e. The summed E-state index contributed by atoms with van der Waals surface area (Å²) in [6, 6.07) is 0.604. The van der Waals surface area contributed by atoms with Crippen LogP contribution >= 0.6 is 0 Å². The molecule has 1 heterocycles. The number of nitrogens with one attached hydrogen (secondary N) is 1. The van der Waals surface area contributed by atoms with Gasteiger partial charge in [-0.05, 0) is 38.5 Å². The Labute approximate surface area is 92.8 Å². The van der Waals surface area contributed by atoms with Gasteiger partial charge in [0, 0.05) is 12.6 Å². The van der Waals surface area contributed by atoms with Gasteiger partial charge in [0.1, 0.15) is 5.67 Å². The van der Waals surface area contributed by atoms with Gasteiger partial charge in [-0.2, -0.15) is 0 Å². The molecule has 88 valence electrons. The van der Waals surface area contributed by atoms with E-state index in [9.17, 15) is 4.39 Å². The Balaban J connectivity index is 1.83. The molecule has 1 nitrogen and oxygen atoms in total. The van der Waals surface area contributed by atoms with Crippen molar-refractivity contribution in [3.05, 3.63) is 0 Å². The van der Waals surface area contributed by atoms with Crippen LogP contribution in [0.25, 0.3) is 0 Å². The zero-order valence-corrected chi connectivity index (χ0v) is 9.90. The van der Waals surface area contributed by atoms with Gasteiger partial charge in [0.2, 0.25) is 0 Å². The van der Waals surface area contributed by atoms with Gasteiger partial charge < -0.3 is 5.32 Å². The fourth-order valence-corrected chi connectivity index (χ4v) is 3.11. The summed E-state index contributed by atoms with van der Waals surface area (Å²) < 4.78 is 13.6. The fraction of sp³-hybridized carbons (Fsp3) is 1.00. The molecule has 0 radical (unpaired) electrons. The molecule has 2 rings (SSSR count). The van der Waals surface area contributed by atoms with Gasteiger partial charge >= 0.3 is 0 Å². The second-order valence-corrected chi connectivity index (χ2v) is 5.69. The first-order chi connectivity index (χ1) is 7.17. The van der Waals surface area contributed by atoms with Gasteiger partial charge in [-0.1, -0.05) is 25.7 Å². The van der Waals surface area contributed by atoms with Gasteiger partial charge in [0.05, 0.1) is 0 Å². The number of alkyl halides is 1. The van der Waals surface area contributed by atoms with E-state index >= 15 is 0 Å². The summed E-state index contributed by atoms with van der Waals surface area (Å²) in [7, 11) is 0. The van der Waals surface area contributed by atoms with Crippen molar-refractivity contribution in [1.82, 2.24) is 5.32 Å². The van der Waals surface area contributed by atoms with E-state index < -0.39 is 5.67 Å².